The molecule has 0 heterocycles. The molecule has 0 bridgehead atoms. The van der Waals surface area contributed by atoms with E-state index in [2.05, 4.69) is 18.4 Å². The van der Waals surface area contributed by atoms with Crippen molar-refractivity contribution in [1.29, 1.82) is 0 Å². The monoisotopic (exact) mass is 707 g/mol. The van der Waals surface area contributed by atoms with Crippen molar-refractivity contribution in [2.75, 3.05) is 19.8 Å². The van der Waals surface area contributed by atoms with Gasteiger partial charge >= 0.3 is 25.7 Å². The molecule has 0 spiro atoms. The first-order chi connectivity index (χ1) is 23.1. The summed E-state index contributed by atoms with van der Waals surface area (Å²) in [5, 5.41) is 8.84. The number of rotatable bonds is 36. The first-order valence-electron chi connectivity index (χ1n) is 19.1. The lowest BCUT2D eigenvalue weighted by atomic mass is 10.0. The number of nitrogens with two attached hydrogens (primary N) is 1. The summed E-state index contributed by atoms with van der Waals surface area (Å²) in [7, 11) is -4.70. The Bertz CT molecular complexity index is 844. The molecule has 0 aliphatic heterocycles. The summed E-state index contributed by atoms with van der Waals surface area (Å²) in [5.74, 6) is -2.37. The largest absolute Gasteiger partial charge is 0.480 e. The van der Waals surface area contributed by atoms with Gasteiger partial charge in [0.25, 0.3) is 0 Å². The van der Waals surface area contributed by atoms with Crippen LogP contribution in [0.2, 0.25) is 0 Å². The van der Waals surface area contributed by atoms with Crippen molar-refractivity contribution in [3.8, 4) is 0 Å². The highest BCUT2D eigenvalue weighted by Gasteiger charge is 2.28. The first-order valence-corrected chi connectivity index (χ1v) is 20.6. The van der Waals surface area contributed by atoms with E-state index in [1.54, 1.807) is 0 Å². The number of hydrogen-bond donors (Lipinski definition) is 3. The molecule has 0 radical (unpaired) electrons. The standard InChI is InChI=1S/C36H70NO10P/c1-3-5-7-9-11-13-14-15-16-17-18-20-22-24-26-28-35(39)47-32(30-45-48(42,43)46-31-33(37)36(40)41)29-44-34(38)27-25-23-21-19-12-10-8-6-4-2/h32-33H,3-31,37H2,1-2H3,(H,40,41)(H,42,43)/t32-,33-/m0/s1. The predicted molar refractivity (Wildman–Crippen MR) is 190 cm³/mol. The fraction of sp³-hybridized carbons (Fsp3) is 0.917. The third-order valence-electron chi connectivity index (χ3n) is 8.36. The van der Waals surface area contributed by atoms with Gasteiger partial charge in [0.2, 0.25) is 0 Å². The number of phosphoric ester groups is 1. The zero-order chi connectivity index (χ0) is 35.7. The van der Waals surface area contributed by atoms with Crippen molar-refractivity contribution < 1.29 is 47.5 Å². The number of carbonyl (C=O) groups excluding carboxylic acids is 2. The first kappa shape index (κ1) is 46.5. The van der Waals surface area contributed by atoms with E-state index in [0.29, 0.717) is 12.8 Å². The molecule has 0 aromatic heterocycles. The molecule has 3 atom stereocenters. The SMILES string of the molecule is CCCCCCCCCCCCCCCCCC(=O)O[C@@H](COC(=O)CCCCCCCCCCC)COP(=O)(O)OC[C@H](N)C(=O)O. The van der Waals surface area contributed by atoms with Gasteiger partial charge in [-0.25, -0.2) is 4.57 Å². The zero-order valence-corrected chi connectivity index (χ0v) is 31.2. The lowest BCUT2D eigenvalue weighted by Crippen LogP contribution is -2.34. The topological polar surface area (TPSA) is 172 Å². The fourth-order valence-electron chi connectivity index (χ4n) is 5.30. The van der Waals surface area contributed by atoms with E-state index in [1.165, 1.54) is 103 Å². The van der Waals surface area contributed by atoms with Crippen molar-refractivity contribution in [3.63, 3.8) is 0 Å². The fourth-order valence-corrected chi connectivity index (χ4v) is 6.08. The minimum atomic E-state index is -4.70. The van der Waals surface area contributed by atoms with Gasteiger partial charge in [0.05, 0.1) is 13.2 Å². The second-order valence-electron chi connectivity index (χ2n) is 13.1. The van der Waals surface area contributed by atoms with Crippen LogP contribution < -0.4 is 5.73 Å². The maximum absolute atomic E-state index is 12.5. The van der Waals surface area contributed by atoms with Crippen molar-refractivity contribution in [1.82, 2.24) is 0 Å². The molecule has 0 aromatic carbocycles. The highest BCUT2D eigenvalue weighted by molar-refractivity contribution is 7.47. The molecule has 0 amide bonds. The minimum Gasteiger partial charge on any atom is -0.480 e. The Balaban J connectivity index is 4.38. The molecular weight excluding hydrogens is 637 g/mol. The lowest BCUT2D eigenvalue weighted by Gasteiger charge is -2.20. The molecule has 0 fully saturated rings. The highest BCUT2D eigenvalue weighted by atomic mass is 31.2. The molecule has 284 valence electrons. The molecule has 0 saturated carbocycles. The molecule has 0 rings (SSSR count). The van der Waals surface area contributed by atoms with E-state index in [-0.39, 0.29) is 19.4 Å². The van der Waals surface area contributed by atoms with Crippen LogP contribution in [0.4, 0.5) is 0 Å². The summed E-state index contributed by atoms with van der Waals surface area (Å²) in [6.45, 7) is 2.78. The van der Waals surface area contributed by atoms with Gasteiger partial charge in [-0.3, -0.25) is 23.4 Å². The number of esters is 2. The molecule has 0 aromatic rings. The number of carbonyl (C=O) groups is 3. The number of unbranched alkanes of at least 4 members (excludes halogenated alkanes) is 22. The molecule has 0 aliphatic carbocycles. The van der Waals surface area contributed by atoms with Gasteiger partial charge in [0.15, 0.2) is 6.10 Å². The molecule has 4 N–H and O–H groups in total. The Morgan fingerprint density at radius 1 is 0.562 bits per heavy atom. The van der Waals surface area contributed by atoms with Gasteiger partial charge in [-0.15, -0.1) is 0 Å². The Labute approximate surface area is 291 Å². The summed E-state index contributed by atoms with van der Waals surface area (Å²) in [6.07, 6.45) is 27.5. The van der Waals surface area contributed by atoms with Gasteiger partial charge in [-0.1, -0.05) is 155 Å². The van der Waals surface area contributed by atoms with Crippen LogP contribution in [0.1, 0.15) is 181 Å². The molecule has 12 heteroatoms. The summed E-state index contributed by atoms with van der Waals surface area (Å²) in [5.41, 5.74) is 5.31. The highest BCUT2D eigenvalue weighted by Crippen LogP contribution is 2.43. The Kier molecular flexibility index (Phi) is 31.6. The third kappa shape index (κ3) is 31.7. The molecule has 0 saturated heterocycles. The molecule has 1 unspecified atom stereocenters. The van der Waals surface area contributed by atoms with E-state index >= 15 is 0 Å². The van der Waals surface area contributed by atoms with Crippen molar-refractivity contribution in [2.45, 2.75) is 193 Å². The van der Waals surface area contributed by atoms with E-state index in [9.17, 15) is 23.8 Å². The van der Waals surface area contributed by atoms with Crippen LogP contribution >= 0.6 is 7.82 Å². The summed E-state index contributed by atoms with van der Waals surface area (Å²) in [6, 6.07) is -1.51. The second-order valence-corrected chi connectivity index (χ2v) is 14.5. The van der Waals surface area contributed by atoms with E-state index in [1.807, 2.05) is 0 Å². The van der Waals surface area contributed by atoms with Crippen LogP contribution in [0.15, 0.2) is 0 Å². The van der Waals surface area contributed by atoms with Crippen LogP contribution in [-0.2, 0) is 37.5 Å². The third-order valence-corrected chi connectivity index (χ3v) is 9.31. The summed E-state index contributed by atoms with van der Waals surface area (Å²) < 4.78 is 32.5. The number of carboxylic acids is 1. The number of carboxylic acid groups (broad SMARTS) is 1. The quantitative estimate of drug-likeness (QED) is 0.0322. The van der Waals surface area contributed by atoms with Crippen LogP contribution in [0.5, 0.6) is 0 Å². The van der Waals surface area contributed by atoms with Crippen molar-refractivity contribution in [2.24, 2.45) is 5.73 Å². The van der Waals surface area contributed by atoms with Crippen LogP contribution in [0.25, 0.3) is 0 Å². The van der Waals surface area contributed by atoms with E-state index < -0.39 is 51.1 Å². The number of phosphoric acid groups is 1. The van der Waals surface area contributed by atoms with Gasteiger partial charge in [-0.2, -0.15) is 0 Å². The summed E-state index contributed by atoms with van der Waals surface area (Å²) in [4.78, 5) is 45.6. The zero-order valence-electron chi connectivity index (χ0n) is 30.3. The molecule has 0 aliphatic rings. The number of aliphatic carboxylic acids is 1. The number of hydrogen-bond acceptors (Lipinski definition) is 9. The number of ether oxygens (including phenoxy) is 2. The maximum Gasteiger partial charge on any atom is 0.472 e. The average Bonchev–Trinajstić information content (AvgIpc) is 3.05. The van der Waals surface area contributed by atoms with Gasteiger partial charge in [0.1, 0.15) is 12.6 Å². The lowest BCUT2D eigenvalue weighted by molar-refractivity contribution is -0.161. The van der Waals surface area contributed by atoms with Crippen molar-refractivity contribution in [3.05, 3.63) is 0 Å². The predicted octanol–water partition coefficient (Wildman–Crippen LogP) is 9.17. The van der Waals surface area contributed by atoms with Crippen LogP contribution in [0.3, 0.4) is 0 Å². The van der Waals surface area contributed by atoms with Crippen molar-refractivity contribution >= 4 is 25.7 Å². The Hall–Kier alpha value is -1.52. The van der Waals surface area contributed by atoms with E-state index in [0.717, 1.165) is 38.5 Å². The summed E-state index contributed by atoms with van der Waals surface area (Å²) >= 11 is 0. The Morgan fingerprint density at radius 3 is 1.31 bits per heavy atom. The van der Waals surface area contributed by atoms with Crippen LogP contribution in [-0.4, -0.2) is 59.9 Å². The smallest absolute Gasteiger partial charge is 0.472 e. The minimum absolute atomic E-state index is 0.169. The second kappa shape index (κ2) is 32.7. The molecule has 48 heavy (non-hydrogen) atoms. The van der Waals surface area contributed by atoms with Crippen LogP contribution in [0, 0.1) is 0 Å². The van der Waals surface area contributed by atoms with Gasteiger partial charge < -0.3 is 25.2 Å². The maximum atomic E-state index is 12.5. The molecular formula is C36H70NO10P. The normalized spacial score (nSPS) is 13.9. The van der Waals surface area contributed by atoms with Gasteiger partial charge in [-0.05, 0) is 12.8 Å². The average molecular weight is 708 g/mol. The van der Waals surface area contributed by atoms with E-state index in [4.69, 9.17) is 24.8 Å². The molecule has 11 nitrogen and oxygen atoms in total. The Morgan fingerprint density at radius 2 is 0.917 bits per heavy atom. The van der Waals surface area contributed by atoms with Gasteiger partial charge in [0, 0.05) is 12.8 Å².